The van der Waals surface area contributed by atoms with Gasteiger partial charge in [-0.05, 0) is 25.5 Å². The number of aromatic nitrogens is 1. The molecule has 1 N–H and O–H groups in total. The summed E-state index contributed by atoms with van der Waals surface area (Å²) >= 11 is 1.64. The normalized spacial score (nSPS) is 10.7. The second-order valence-corrected chi connectivity index (χ2v) is 5.46. The summed E-state index contributed by atoms with van der Waals surface area (Å²) in [5, 5.41) is 10.0. The Kier molecular flexibility index (Phi) is 4.93. The predicted octanol–water partition coefficient (Wildman–Crippen LogP) is 3.44. The van der Waals surface area contributed by atoms with Crippen molar-refractivity contribution in [2.75, 3.05) is 13.2 Å². The molecule has 0 aliphatic heterocycles. The molecule has 1 heterocycles. The van der Waals surface area contributed by atoms with Crippen LogP contribution in [-0.4, -0.2) is 23.3 Å². The van der Waals surface area contributed by atoms with Crippen LogP contribution in [0.2, 0.25) is 0 Å². The maximum atomic E-state index is 9.02. The molecule has 19 heavy (non-hydrogen) atoms. The highest BCUT2D eigenvalue weighted by Crippen LogP contribution is 2.30. The van der Waals surface area contributed by atoms with Crippen LogP contribution in [0.3, 0.4) is 0 Å². The van der Waals surface area contributed by atoms with E-state index in [1.54, 1.807) is 11.3 Å². The number of hydrogen-bond acceptors (Lipinski definition) is 4. The van der Waals surface area contributed by atoms with Crippen molar-refractivity contribution in [1.82, 2.24) is 4.98 Å². The summed E-state index contributed by atoms with van der Waals surface area (Å²) in [7, 11) is 0. The molecular weight excluding hydrogens is 258 g/mol. The molecule has 0 bridgehead atoms. The van der Waals surface area contributed by atoms with E-state index in [2.05, 4.69) is 11.9 Å². The van der Waals surface area contributed by atoms with Crippen molar-refractivity contribution in [3.8, 4) is 16.3 Å². The van der Waals surface area contributed by atoms with Crippen LogP contribution in [0.25, 0.3) is 10.6 Å². The van der Waals surface area contributed by atoms with E-state index in [-0.39, 0.29) is 6.61 Å². The van der Waals surface area contributed by atoms with E-state index >= 15 is 0 Å². The van der Waals surface area contributed by atoms with Gasteiger partial charge >= 0.3 is 0 Å². The van der Waals surface area contributed by atoms with E-state index in [1.807, 2.05) is 31.2 Å². The van der Waals surface area contributed by atoms with E-state index in [0.717, 1.165) is 39.9 Å². The standard InChI is InChI=1S/C15H19NO2S/c1-3-9-18-13-6-4-5-12(10-13)15-16-11(2)14(19-15)7-8-17/h4-6,10,17H,3,7-9H2,1-2H3. The smallest absolute Gasteiger partial charge is 0.123 e. The summed E-state index contributed by atoms with van der Waals surface area (Å²) in [4.78, 5) is 5.72. The number of thiazole rings is 1. The van der Waals surface area contributed by atoms with Crippen LogP contribution in [0, 0.1) is 6.92 Å². The lowest BCUT2D eigenvalue weighted by Crippen LogP contribution is -1.94. The van der Waals surface area contributed by atoms with Gasteiger partial charge in [-0.2, -0.15) is 0 Å². The monoisotopic (exact) mass is 277 g/mol. The van der Waals surface area contributed by atoms with Gasteiger partial charge in [-0.25, -0.2) is 4.98 Å². The molecule has 0 saturated heterocycles. The number of ether oxygens (including phenoxy) is 1. The molecule has 4 heteroatoms. The third kappa shape index (κ3) is 3.55. The first-order valence-corrected chi connectivity index (χ1v) is 7.36. The van der Waals surface area contributed by atoms with Crippen molar-refractivity contribution in [1.29, 1.82) is 0 Å². The van der Waals surface area contributed by atoms with Crippen molar-refractivity contribution in [3.63, 3.8) is 0 Å². The lowest BCUT2D eigenvalue weighted by atomic mass is 10.2. The number of aliphatic hydroxyl groups excluding tert-OH is 1. The van der Waals surface area contributed by atoms with Gasteiger partial charge in [-0.15, -0.1) is 11.3 Å². The number of rotatable bonds is 6. The largest absolute Gasteiger partial charge is 0.494 e. The van der Waals surface area contributed by atoms with E-state index in [4.69, 9.17) is 9.84 Å². The number of benzene rings is 1. The minimum atomic E-state index is 0.169. The first-order chi connectivity index (χ1) is 9.24. The zero-order valence-electron chi connectivity index (χ0n) is 11.3. The fraction of sp³-hybridized carbons (Fsp3) is 0.400. The molecule has 0 saturated carbocycles. The third-order valence-corrected chi connectivity index (χ3v) is 4.05. The highest BCUT2D eigenvalue weighted by Gasteiger charge is 2.09. The topological polar surface area (TPSA) is 42.4 Å². The maximum absolute atomic E-state index is 9.02. The first kappa shape index (κ1) is 14.0. The summed E-state index contributed by atoms with van der Waals surface area (Å²) in [6.45, 7) is 4.98. The van der Waals surface area contributed by atoms with Crippen molar-refractivity contribution < 1.29 is 9.84 Å². The van der Waals surface area contributed by atoms with Gasteiger partial charge in [0.1, 0.15) is 10.8 Å². The van der Waals surface area contributed by atoms with Gasteiger partial charge in [0.15, 0.2) is 0 Å². The minimum Gasteiger partial charge on any atom is -0.494 e. The van der Waals surface area contributed by atoms with Gasteiger partial charge in [0, 0.05) is 23.5 Å². The molecule has 2 rings (SSSR count). The Morgan fingerprint density at radius 3 is 2.95 bits per heavy atom. The molecule has 1 aromatic heterocycles. The van der Waals surface area contributed by atoms with Crippen LogP contribution in [0.15, 0.2) is 24.3 Å². The molecule has 3 nitrogen and oxygen atoms in total. The summed E-state index contributed by atoms with van der Waals surface area (Å²) in [5.41, 5.74) is 2.08. The van der Waals surface area contributed by atoms with Crippen LogP contribution in [0.4, 0.5) is 0 Å². The first-order valence-electron chi connectivity index (χ1n) is 6.55. The molecule has 0 unspecified atom stereocenters. The molecular formula is C15H19NO2S. The van der Waals surface area contributed by atoms with Crippen LogP contribution in [0.5, 0.6) is 5.75 Å². The van der Waals surface area contributed by atoms with Crippen molar-refractivity contribution >= 4 is 11.3 Å². The van der Waals surface area contributed by atoms with Crippen molar-refractivity contribution in [3.05, 3.63) is 34.8 Å². The second kappa shape index (κ2) is 6.68. The Bertz CT molecular complexity index is 537. The molecule has 2 aromatic rings. The van der Waals surface area contributed by atoms with Gasteiger partial charge in [0.2, 0.25) is 0 Å². The average molecular weight is 277 g/mol. The lowest BCUT2D eigenvalue weighted by molar-refractivity contribution is 0.300. The molecule has 0 spiro atoms. The fourth-order valence-electron chi connectivity index (χ4n) is 1.82. The van der Waals surface area contributed by atoms with Crippen LogP contribution in [0.1, 0.15) is 23.9 Å². The highest BCUT2D eigenvalue weighted by molar-refractivity contribution is 7.15. The number of hydrogen-bond donors (Lipinski definition) is 1. The Labute approximate surface area is 117 Å². The summed E-state index contributed by atoms with van der Waals surface area (Å²) in [6.07, 6.45) is 1.68. The molecule has 0 aliphatic rings. The van der Waals surface area contributed by atoms with Crippen molar-refractivity contribution in [2.24, 2.45) is 0 Å². The van der Waals surface area contributed by atoms with E-state index < -0.39 is 0 Å². The quantitative estimate of drug-likeness (QED) is 0.879. The SMILES string of the molecule is CCCOc1cccc(-c2nc(C)c(CCO)s2)c1. The summed E-state index contributed by atoms with van der Waals surface area (Å²) in [5.74, 6) is 0.885. The van der Waals surface area contributed by atoms with Crippen LogP contribution in [-0.2, 0) is 6.42 Å². The minimum absolute atomic E-state index is 0.169. The summed E-state index contributed by atoms with van der Waals surface area (Å²) in [6, 6.07) is 8.02. The molecule has 102 valence electrons. The maximum Gasteiger partial charge on any atom is 0.123 e. The molecule has 0 aliphatic carbocycles. The average Bonchev–Trinajstić information content (AvgIpc) is 2.79. The van der Waals surface area contributed by atoms with Gasteiger partial charge in [0.05, 0.1) is 12.3 Å². The van der Waals surface area contributed by atoms with Gasteiger partial charge in [-0.3, -0.25) is 0 Å². The van der Waals surface area contributed by atoms with E-state index in [0.29, 0.717) is 6.42 Å². The highest BCUT2D eigenvalue weighted by atomic mass is 32.1. The van der Waals surface area contributed by atoms with Crippen LogP contribution < -0.4 is 4.74 Å². The molecule has 1 aromatic carbocycles. The Balaban J connectivity index is 2.23. The molecule has 0 fully saturated rings. The van der Waals surface area contributed by atoms with Crippen molar-refractivity contribution in [2.45, 2.75) is 26.7 Å². The second-order valence-electron chi connectivity index (χ2n) is 4.38. The predicted molar refractivity (Wildman–Crippen MR) is 78.9 cm³/mol. The van der Waals surface area contributed by atoms with Gasteiger partial charge < -0.3 is 9.84 Å². The summed E-state index contributed by atoms with van der Waals surface area (Å²) < 4.78 is 5.64. The zero-order valence-corrected chi connectivity index (χ0v) is 12.2. The molecule has 0 atom stereocenters. The lowest BCUT2D eigenvalue weighted by Gasteiger charge is -2.05. The Hall–Kier alpha value is -1.39. The Morgan fingerprint density at radius 2 is 2.21 bits per heavy atom. The van der Waals surface area contributed by atoms with E-state index in [9.17, 15) is 0 Å². The van der Waals surface area contributed by atoms with Crippen LogP contribution >= 0.6 is 11.3 Å². The van der Waals surface area contributed by atoms with Gasteiger partial charge in [0.25, 0.3) is 0 Å². The third-order valence-electron chi connectivity index (χ3n) is 2.79. The van der Waals surface area contributed by atoms with Gasteiger partial charge in [-0.1, -0.05) is 19.1 Å². The Morgan fingerprint density at radius 1 is 1.37 bits per heavy atom. The molecule has 0 amide bonds. The fourth-order valence-corrected chi connectivity index (χ4v) is 2.87. The number of aryl methyl sites for hydroxylation is 1. The zero-order chi connectivity index (χ0) is 13.7. The number of aliphatic hydroxyl groups is 1. The number of nitrogens with zero attached hydrogens (tertiary/aromatic N) is 1. The molecule has 0 radical (unpaired) electrons. The van der Waals surface area contributed by atoms with E-state index in [1.165, 1.54) is 0 Å².